The van der Waals surface area contributed by atoms with Gasteiger partial charge in [-0.1, -0.05) is 302 Å². The van der Waals surface area contributed by atoms with Crippen LogP contribution in [0.4, 0.5) is 0 Å². The number of Topliss-reactive ketones (excluding diaryl/α,β-unsaturated/α-hetero) is 2. The molecule has 88 heavy (non-hydrogen) atoms. The molecule has 478 valence electrons. The quantitative estimate of drug-likeness (QED) is 0.0318. The Morgan fingerprint density at radius 1 is 0.284 bits per heavy atom. The maximum atomic E-state index is 13.4. The lowest BCUT2D eigenvalue weighted by Gasteiger charge is -2.22. The van der Waals surface area contributed by atoms with Gasteiger partial charge in [-0.25, -0.2) is 0 Å². The van der Waals surface area contributed by atoms with Crippen LogP contribution in [-0.4, -0.2) is 49.6 Å². The largest absolute Gasteiger partial charge is 0.493 e. The Hall–Kier alpha value is -5.12. The first-order chi connectivity index (χ1) is 42.9. The standard InChI is InChI=1S/C76H98Cl4O8/c1-5-9-13-17-21-25-29-33-45-85-67-51-61(69(87-47-35-31-27-23-19-15-11-7-3)49-59(67)55-37-41-57(42-38-55)71-73(79)65(81)53-63(77)75(71)83)62-52-68(86-46-34-30-26-22-18-14-10-6-2)60(50-70(62)88-48-36-32-28-24-20-16-12-8-4)56-39-43-58(44-40-56)72-74(80)66(82)54-64(78)76(72)84/h37-44,49-54H,5-36,45-48H2,1-4H3. The smallest absolute Gasteiger partial charge is 0.206 e. The number of carbonyl (C=O) groups excluding carboxylic acids is 4. The molecule has 6 rings (SSSR count). The summed E-state index contributed by atoms with van der Waals surface area (Å²) in [5.74, 6) is 0.605. The van der Waals surface area contributed by atoms with Gasteiger partial charge in [0.05, 0.1) is 57.7 Å². The van der Waals surface area contributed by atoms with Crippen LogP contribution >= 0.6 is 46.4 Å². The van der Waals surface area contributed by atoms with Gasteiger partial charge in [0.15, 0.2) is 11.6 Å². The van der Waals surface area contributed by atoms with E-state index in [1.807, 2.05) is 24.3 Å². The van der Waals surface area contributed by atoms with E-state index in [4.69, 9.17) is 65.4 Å². The summed E-state index contributed by atoms with van der Waals surface area (Å²) in [6.45, 7) is 11.0. The molecule has 0 bridgehead atoms. The highest BCUT2D eigenvalue weighted by molar-refractivity contribution is 6.62. The Kier molecular flexibility index (Phi) is 33.2. The number of benzene rings is 4. The molecule has 0 atom stereocenters. The Bertz CT molecular complexity index is 2790. The van der Waals surface area contributed by atoms with E-state index >= 15 is 0 Å². The first kappa shape index (κ1) is 71.9. The summed E-state index contributed by atoms with van der Waals surface area (Å²) >= 11 is 25.6. The van der Waals surface area contributed by atoms with E-state index in [1.54, 1.807) is 24.3 Å². The molecule has 8 nitrogen and oxygen atoms in total. The van der Waals surface area contributed by atoms with Crippen LogP contribution in [-0.2, 0) is 19.2 Å². The molecular weight excluding hydrogens is 1180 g/mol. The van der Waals surface area contributed by atoms with Crippen molar-refractivity contribution in [1.29, 1.82) is 0 Å². The molecule has 0 aliphatic heterocycles. The lowest BCUT2D eigenvalue weighted by molar-refractivity contribution is -0.113. The minimum atomic E-state index is -0.511. The Morgan fingerprint density at radius 2 is 0.500 bits per heavy atom. The summed E-state index contributed by atoms with van der Waals surface area (Å²) < 4.78 is 28.0. The molecule has 2 aliphatic carbocycles. The molecule has 0 amide bonds. The average molecular weight is 1280 g/mol. The van der Waals surface area contributed by atoms with Gasteiger partial charge in [0, 0.05) is 34.4 Å². The molecule has 0 saturated heterocycles. The number of halogens is 4. The summed E-state index contributed by atoms with van der Waals surface area (Å²) in [6.07, 6.45) is 39.1. The van der Waals surface area contributed by atoms with Crippen molar-refractivity contribution in [2.75, 3.05) is 26.4 Å². The highest BCUT2D eigenvalue weighted by Gasteiger charge is 2.30. The highest BCUT2D eigenvalue weighted by atomic mass is 35.5. The van der Waals surface area contributed by atoms with Crippen molar-refractivity contribution >= 4 is 80.7 Å². The lowest BCUT2D eigenvalue weighted by Crippen LogP contribution is -2.13. The average Bonchev–Trinajstić information content (AvgIpc) is 3.49. The predicted molar refractivity (Wildman–Crippen MR) is 369 cm³/mol. The first-order valence-electron chi connectivity index (χ1n) is 33.7. The molecule has 0 saturated carbocycles. The van der Waals surface area contributed by atoms with E-state index in [0.29, 0.717) is 60.6 Å². The maximum Gasteiger partial charge on any atom is 0.206 e. The summed E-state index contributed by atoms with van der Waals surface area (Å²) in [4.78, 5) is 52.4. The van der Waals surface area contributed by atoms with E-state index in [9.17, 15) is 19.2 Å². The minimum absolute atomic E-state index is 0.0703. The van der Waals surface area contributed by atoms with Crippen LogP contribution in [0.2, 0.25) is 0 Å². The topological polar surface area (TPSA) is 105 Å². The van der Waals surface area contributed by atoms with Crippen LogP contribution in [0.1, 0.15) is 244 Å². The van der Waals surface area contributed by atoms with Gasteiger partial charge in [-0.15, -0.1) is 0 Å². The molecule has 12 heteroatoms. The van der Waals surface area contributed by atoms with Gasteiger partial charge in [-0.2, -0.15) is 0 Å². The zero-order chi connectivity index (χ0) is 62.9. The van der Waals surface area contributed by atoms with E-state index in [-0.39, 0.29) is 31.3 Å². The third-order valence-electron chi connectivity index (χ3n) is 16.7. The lowest BCUT2D eigenvalue weighted by atomic mass is 9.91. The molecule has 4 aromatic carbocycles. The van der Waals surface area contributed by atoms with Gasteiger partial charge in [-0.05, 0) is 72.2 Å². The van der Waals surface area contributed by atoms with E-state index in [1.165, 1.54) is 128 Å². The molecule has 4 aromatic rings. The van der Waals surface area contributed by atoms with Crippen molar-refractivity contribution in [3.63, 3.8) is 0 Å². The number of allylic oxidation sites excluding steroid dienone is 8. The number of carbonyl (C=O) groups is 4. The van der Waals surface area contributed by atoms with E-state index < -0.39 is 23.1 Å². The van der Waals surface area contributed by atoms with Crippen LogP contribution in [0, 0.1) is 0 Å². The summed E-state index contributed by atoms with van der Waals surface area (Å²) in [7, 11) is 0. The Balaban J connectivity index is 1.49. The van der Waals surface area contributed by atoms with Gasteiger partial charge in [0.1, 0.15) is 23.0 Å². The maximum absolute atomic E-state index is 13.4. The van der Waals surface area contributed by atoms with Gasteiger partial charge < -0.3 is 18.9 Å². The molecular formula is C76H98Cl4O8. The van der Waals surface area contributed by atoms with Crippen molar-refractivity contribution in [3.05, 3.63) is 116 Å². The summed E-state index contributed by atoms with van der Waals surface area (Å²) in [5, 5.41) is -0.681. The van der Waals surface area contributed by atoms with Gasteiger partial charge in [-0.3, -0.25) is 19.2 Å². The Morgan fingerprint density at radius 3 is 0.761 bits per heavy atom. The van der Waals surface area contributed by atoms with Crippen LogP contribution in [0.3, 0.4) is 0 Å². The van der Waals surface area contributed by atoms with Crippen molar-refractivity contribution < 1.29 is 38.1 Å². The fourth-order valence-electron chi connectivity index (χ4n) is 11.5. The van der Waals surface area contributed by atoms with Crippen LogP contribution < -0.4 is 18.9 Å². The number of ether oxygens (including phenoxy) is 4. The van der Waals surface area contributed by atoms with Gasteiger partial charge in [0.25, 0.3) is 0 Å². The van der Waals surface area contributed by atoms with Crippen LogP contribution in [0.5, 0.6) is 23.0 Å². The SMILES string of the molecule is CCCCCCCCCCOc1cc(-c2cc(OCCCCCCCCCC)c(-c3ccc(C4=C(Cl)C(=O)C=C(Cl)C4=O)cc3)cc2OCCCCCCCCCC)c(OCCCCCCCCCC)cc1-c1ccc(C2=C(Cl)C(=O)C=C(Cl)C2=O)cc1. The number of hydrogen-bond donors (Lipinski definition) is 0. The summed E-state index contributed by atoms with van der Waals surface area (Å²) in [6, 6.07) is 23.2. The minimum Gasteiger partial charge on any atom is -0.493 e. The predicted octanol–water partition coefficient (Wildman–Crippen LogP) is 23.2. The van der Waals surface area contributed by atoms with Crippen LogP contribution in [0.25, 0.3) is 44.5 Å². The summed E-state index contributed by atoms with van der Waals surface area (Å²) in [5.41, 5.74) is 5.95. The second-order valence-corrected chi connectivity index (χ2v) is 25.5. The second kappa shape index (κ2) is 40.6. The second-order valence-electron chi connectivity index (χ2n) is 23.9. The van der Waals surface area contributed by atoms with Crippen molar-refractivity contribution in [3.8, 4) is 56.4 Å². The number of ketones is 4. The fraction of sp³-hybridized carbons (Fsp3) is 0.526. The molecule has 0 aromatic heterocycles. The van der Waals surface area contributed by atoms with Crippen molar-refractivity contribution in [2.24, 2.45) is 0 Å². The van der Waals surface area contributed by atoms with Gasteiger partial charge >= 0.3 is 0 Å². The third kappa shape index (κ3) is 22.7. The molecule has 0 N–H and O–H groups in total. The fourth-order valence-corrected chi connectivity index (χ4v) is 12.3. The Labute approximate surface area is 547 Å². The molecule has 0 heterocycles. The van der Waals surface area contributed by atoms with Crippen molar-refractivity contribution in [1.82, 2.24) is 0 Å². The number of hydrogen-bond acceptors (Lipinski definition) is 8. The third-order valence-corrected chi connectivity index (χ3v) is 18.0. The highest BCUT2D eigenvalue weighted by Crippen LogP contribution is 2.49. The molecule has 0 fully saturated rings. The normalized spacial score (nSPS) is 13.6. The zero-order valence-corrected chi connectivity index (χ0v) is 56.3. The molecule has 2 aliphatic rings. The van der Waals surface area contributed by atoms with Crippen molar-refractivity contribution in [2.45, 2.75) is 233 Å². The van der Waals surface area contributed by atoms with Crippen LogP contribution in [0.15, 0.2) is 105 Å². The number of rotatable bonds is 45. The molecule has 0 spiro atoms. The molecule has 0 unspecified atom stereocenters. The van der Waals surface area contributed by atoms with Gasteiger partial charge in [0.2, 0.25) is 11.6 Å². The zero-order valence-electron chi connectivity index (χ0n) is 53.3. The first-order valence-corrected chi connectivity index (χ1v) is 35.2. The van der Waals surface area contributed by atoms with E-state index in [0.717, 1.165) is 123 Å². The monoisotopic (exact) mass is 1280 g/mol. The molecule has 0 radical (unpaired) electrons. The van der Waals surface area contributed by atoms with E-state index in [2.05, 4.69) is 52.0 Å². The number of unbranched alkanes of at least 4 members (excludes halogenated alkanes) is 28.